The molecule has 3 aromatic rings. The number of nitrogens with two attached hydrogens (primary N) is 1. The van der Waals surface area contributed by atoms with Crippen molar-refractivity contribution >= 4 is 11.5 Å². The van der Waals surface area contributed by atoms with Crippen molar-refractivity contribution in [1.82, 2.24) is 14.6 Å². The molecule has 0 fully saturated rings. The summed E-state index contributed by atoms with van der Waals surface area (Å²) in [5.41, 5.74) is 9.48. The molecule has 120 valence electrons. The van der Waals surface area contributed by atoms with E-state index in [4.69, 9.17) is 5.73 Å². The van der Waals surface area contributed by atoms with E-state index >= 15 is 0 Å². The largest absolute Gasteiger partial charge is 0.369 e. The fraction of sp³-hybridized carbons (Fsp3) is 0.294. The highest BCUT2D eigenvalue weighted by atomic mass is 19.1. The number of imidazole rings is 1. The van der Waals surface area contributed by atoms with Gasteiger partial charge in [0.25, 0.3) is 0 Å². The summed E-state index contributed by atoms with van der Waals surface area (Å²) >= 11 is 0. The summed E-state index contributed by atoms with van der Waals surface area (Å²) in [6.45, 7) is 0.953. The van der Waals surface area contributed by atoms with Crippen LogP contribution in [0.3, 0.4) is 0 Å². The Hall–Kier alpha value is -2.47. The molecule has 6 heteroatoms. The van der Waals surface area contributed by atoms with Crippen LogP contribution in [-0.4, -0.2) is 27.8 Å². The van der Waals surface area contributed by atoms with Crippen molar-refractivity contribution in [2.75, 3.05) is 18.5 Å². The summed E-state index contributed by atoms with van der Waals surface area (Å²) in [7, 11) is 0. The van der Waals surface area contributed by atoms with Crippen molar-refractivity contribution in [3.8, 4) is 11.3 Å². The van der Waals surface area contributed by atoms with Gasteiger partial charge in [-0.05, 0) is 30.5 Å². The van der Waals surface area contributed by atoms with Gasteiger partial charge in [0.15, 0.2) is 5.65 Å². The number of nitrogens with zero attached hydrogens (tertiary/aromatic N) is 3. The van der Waals surface area contributed by atoms with Crippen molar-refractivity contribution in [3.63, 3.8) is 0 Å². The molecule has 0 aliphatic heterocycles. The van der Waals surface area contributed by atoms with Crippen molar-refractivity contribution in [1.29, 1.82) is 0 Å². The van der Waals surface area contributed by atoms with Crippen LogP contribution in [0.15, 0.2) is 42.6 Å². The summed E-state index contributed by atoms with van der Waals surface area (Å²) in [6.07, 6.45) is 3.17. The number of anilines is 1. The van der Waals surface area contributed by atoms with Gasteiger partial charge in [0.2, 0.25) is 0 Å². The summed E-state index contributed by atoms with van der Waals surface area (Å²) in [5, 5.41) is 7.79. The molecule has 0 aliphatic rings. The minimum Gasteiger partial charge on any atom is -0.369 e. The van der Waals surface area contributed by atoms with Crippen LogP contribution in [0.2, 0.25) is 0 Å². The van der Waals surface area contributed by atoms with Crippen molar-refractivity contribution < 1.29 is 4.39 Å². The molecule has 0 spiro atoms. The van der Waals surface area contributed by atoms with Crippen LogP contribution in [0.4, 0.5) is 10.2 Å². The lowest BCUT2D eigenvalue weighted by atomic mass is 10.1. The third-order valence-corrected chi connectivity index (χ3v) is 3.71. The molecule has 3 N–H and O–H groups in total. The monoisotopic (exact) mass is 313 g/mol. The average molecular weight is 313 g/mol. The van der Waals surface area contributed by atoms with Gasteiger partial charge in [-0.15, -0.1) is 5.10 Å². The van der Waals surface area contributed by atoms with Gasteiger partial charge >= 0.3 is 0 Å². The van der Waals surface area contributed by atoms with Crippen molar-refractivity contribution in [3.05, 3.63) is 48.2 Å². The Morgan fingerprint density at radius 3 is 2.65 bits per heavy atom. The number of aromatic nitrogens is 3. The highest BCUT2D eigenvalue weighted by molar-refractivity contribution is 5.63. The molecule has 1 aromatic carbocycles. The molecule has 0 aliphatic carbocycles. The standard InChI is InChI=1S/C17H20FN5/c18-9-1-2-10-20-16-7-8-17-21-12-15(23(17)22-16)14-5-3-13(11-19)4-6-14/h3-8,12H,1-2,9-11,19H2,(H,20,22). The molecule has 0 bridgehead atoms. The Balaban J connectivity index is 1.85. The number of rotatable bonds is 7. The second kappa shape index (κ2) is 7.19. The number of fused-ring (bicyclic) bond motifs is 1. The lowest BCUT2D eigenvalue weighted by molar-refractivity contribution is 0.466. The van der Waals surface area contributed by atoms with Crippen LogP contribution in [0.5, 0.6) is 0 Å². The van der Waals surface area contributed by atoms with Gasteiger partial charge in [-0.3, -0.25) is 4.39 Å². The van der Waals surface area contributed by atoms with Gasteiger partial charge in [0.1, 0.15) is 5.82 Å². The van der Waals surface area contributed by atoms with Crippen molar-refractivity contribution in [2.45, 2.75) is 19.4 Å². The summed E-state index contributed by atoms with van der Waals surface area (Å²) in [6, 6.07) is 11.9. The Labute approximate surface area is 134 Å². The Morgan fingerprint density at radius 2 is 1.91 bits per heavy atom. The van der Waals surface area contributed by atoms with Gasteiger partial charge in [-0.1, -0.05) is 24.3 Å². The van der Waals surface area contributed by atoms with Crippen LogP contribution in [-0.2, 0) is 6.54 Å². The molecular weight excluding hydrogens is 293 g/mol. The molecule has 0 atom stereocenters. The lowest BCUT2D eigenvalue weighted by Gasteiger charge is -2.07. The molecule has 0 unspecified atom stereocenters. The highest BCUT2D eigenvalue weighted by Gasteiger charge is 2.08. The van der Waals surface area contributed by atoms with Crippen LogP contribution >= 0.6 is 0 Å². The molecule has 2 aromatic heterocycles. The summed E-state index contributed by atoms with van der Waals surface area (Å²) < 4.78 is 13.9. The van der Waals surface area contributed by atoms with Crippen LogP contribution < -0.4 is 11.1 Å². The topological polar surface area (TPSA) is 68.2 Å². The van der Waals surface area contributed by atoms with E-state index in [9.17, 15) is 4.39 Å². The van der Waals surface area contributed by atoms with E-state index in [-0.39, 0.29) is 6.67 Å². The molecule has 0 amide bonds. The van der Waals surface area contributed by atoms with Gasteiger partial charge in [-0.25, -0.2) is 9.50 Å². The summed E-state index contributed by atoms with van der Waals surface area (Å²) in [5.74, 6) is 0.759. The maximum Gasteiger partial charge on any atom is 0.154 e. The molecule has 0 saturated carbocycles. The first-order valence-corrected chi connectivity index (χ1v) is 7.76. The van der Waals surface area contributed by atoms with E-state index in [1.165, 1.54) is 0 Å². The molecule has 2 heterocycles. The number of alkyl halides is 1. The quantitative estimate of drug-likeness (QED) is 0.658. The van der Waals surface area contributed by atoms with E-state index in [1.807, 2.05) is 47.1 Å². The smallest absolute Gasteiger partial charge is 0.154 e. The first-order valence-electron chi connectivity index (χ1n) is 7.76. The van der Waals surface area contributed by atoms with Crippen LogP contribution in [0, 0.1) is 0 Å². The molecular formula is C17H20FN5. The SMILES string of the molecule is NCc1ccc(-c2cnc3ccc(NCCCCF)nn23)cc1. The third-order valence-electron chi connectivity index (χ3n) is 3.71. The number of halogens is 1. The molecule has 3 rings (SSSR count). The van der Waals surface area contributed by atoms with E-state index in [0.29, 0.717) is 19.5 Å². The number of nitrogens with one attached hydrogen (secondary N) is 1. The second-order valence-corrected chi connectivity index (χ2v) is 5.36. The zero-order valence-corrected chi connectivity index (χ0v) is 12.9. The minimum atomic E-state index is -0.279. The fourth-order valence-corrected chi connectivity index (χ4v) is 2.41. The number of hydrogen-bond donors (Lipinski definition) is 2. The molecule has 0 radical (unpaired) electrons. The first-order chi connectivity index (χ1) is 11.3. The number of hydrogen-bond acceptors (Lipinski definition) is 4. The van der Waals surface area contributed by atoms with Crippen LogP contribution in [0.1, 0.15) is 18.4 Å². The van der Waals surface area contributed by atoms with Crippen LogP contribution in [0.25, 0.3) is 16.9 Å². The summed E-state index contributed by atoms with van der Waals surface area (Å²) in [4.78, 5) is 4.39. The molecule has 23 heavy (non-hydrogen) atoms. The van der Waals surface area contributed by atoms with Gasteiger partial charge in [0, 0.05) is 18.7 Å². The normalized spacial score (nSPS) is 11.0. The molecule has 5 nitrogen and oxygen atoms in total. The second-order valence-electron chi connectivity index (χ2n) is 5.36. The lowest BCUT2D eigenvalue weighted by Crippen LogP contribution is -2.06. The van der Waals surface area contributed by atoms with Gasteiger partial charge in [0.05, 0.1) is 18.6 Å². The maximum atomic E-state index is 12.1. The first kappa shape index (κ1) is 15.4. The number of unbranched alkanes of at least 4 members (excludes halogenated alkanes) is 1. The highest BCUT2D eigenvalue weighted by Crippen LogP contribution is 2.21. The third kappa shape index (κ3) is 3.48. The minimum absolute atomic E-state index is 0.279. The van der Waals surface area contributed by atoms with E-state index < -0.39 is 0 Å². The Kier molecular flexibility index (Phi) is 4.83. The van der Waals surface area contributed by atoms with E-state index in [1.54, 1.807) is 0 Å². The van der Waals surface area contributed by atoms with E-state index in [0.717, 1.165) is 34.7 Å². The average Bonchev–Trinajstić information content (AvgIpc) is 3.02. The molecule has 0 saturated heterocycles. The van der Waals surface area contributed by atoms with Crippen molar-refractivity contribution in [2.24, 2.45) is 5.73 Å². The predicted molar refractivity (Wildman–Crippen MR) is 90.0 cm³/mol. The maximum absolute atomic E-state index is 12.1. The zero-order valence-electron chi connectivity index (χ0n) is 12.9. The fourth-order valence-electron chi connectivity index (χ4n) is 2.41. The Morgan fingerprint density at radius 1 is 1.09 bits per heavy atom. The predicted octanol–water partition coefficient (Wildman–Crippen LogP) is 3.02. The van der Waals surface area contributed by atoms with E-state index in [2.05, 4.69) is 15.4 Å². The number of benzene rings is 1. The van der Waals surface area contributed by atoms with Gasteiger partial charge in [-0.2, -0.15) is 0 Å². The van der Waals surface area contributed by atoms with Gasteiger partial charge < -0.3 is 11.1 Å². The zero-order chi connectivity index (χ0) is 16.1. The Bertz CT molecular complexity index is 766.